The molecule has 0 saturated carbocycles. The molecule has 1 aromatic heterocycles. The number of aliphatic hydroxyl groups is 1. The summed E-state index contributed by atoms with van der Waals surface area (Å²) in [5.74, 6) is -2.05. The second-order valence-electron chi connectivity index (χ2n) is 2.79. The summed E-state index contributed by atoms with van der Waals surface area (Å²) in [5, 5.41) is 19.6. The molecule has 86 valence electrons. The third kappa shape index (κ3) is 3.44. The Labute approximate surface area is 95.1 Å². The van der Waals surface area contributed by atoms with Crippen LogP contribution in [0.2, 0.25) is 5.15 Å². The fourth-order valence-corrected chi connectivity index (χ4v) is 0.894. The van der Waals surface area contributed by atoms with Crippen LogP contribution in [0.3, 0.4) is 0 Å². The van der Waals surface area contributed by atoms with E-state index in [9.17, 15) is 9.59 Å². The monoisotopic (exact) mass is 245 g/mol. The highest BCUT2D eigenvalue weighted by molar-refractivity contribution is 6.29. The van der Waals surface area contributed by atoms with E-state index in [0.29, 0.717) is 0 Å². The number of nitrogens with zero attached hydrogens (tertiary/aromatic N) is 2. The number of nitrogens with one attached hydrogen (secondary N) is 1. The molecular weight excluding hydrogens is 238 g/mol. The SMILES string of the molecule is O=C(NC[C@H](O)C(=O)O)c1cnc(Cl)cn1. The van der Waals surface area contributed by atoms with Crippen molar-refractivity contribution in [2.24, 2.45) is 0 Å². The van der Waals surface area contributed by atoms with E-state index in [2.05, 4.69) is 15.3 Å². The maximum atomic E-state index is 11.3. The minimum absolute atomic E-state index is 0.0120. The van der Waals surface area contributed by atoms with Crippen LogP contribution in [0, 0.1) is 0 Å². The first-order chi connectivity index (χ1) is 7.50. The van der Waals surface area contributed by atoms with Crippen LogP contribution in [-0.2, 0) is 4.79 Å². The van der Waals surface area contributed by atoms with E-state index in [1.54, 1.807) is 0 Å². The van der Waals surface area contributed by atoms with E-state index >= 15 is 0 Å². The highest BCUT2D eigenvalue weighted by Crippen LogP contribution is 2.00. The van der Waals surface area contributed by atoms with Crippen molar-refractivity contribution in [1.82, 2.24) is 15.3 Å². The lowest BCUT2D eigenvalue weighted by molar-refractivity contribution is -0.146. The van der Waals surface area contributed by atoms with Gasteiger partial charge in [0.05, 0.1) is 18.9 Å². The van der Waals surface area contributed by atoms with Gasteiger partial charge in [-0.2, -0.15) is 0 Å². The Morgan fingerprint density at radius 1 is 1.44 bits per heavy atom. The van der Waals surface area contributed by atoms with Crippen LogP contribution in [0.15, 0.2) is 12.4 Å². The zero-order chi connectivity index (χ0) is 12.1. The number of halogens is 1. The molecule has 1 amide bonds. The van der Waals surface area contributed by atoms with Gasteiger partial charge in [-0.25, -0.2) is 14.8 Å². The number of amides is 1. The number of aliphatic carboxylic acids is 1. The predicted octanol–water partition coefficient (Wildman–Crippen LogP) is -0.695. The number of aromatic nitrogens is 2. The molecule has 0 spiro atoms. The van der Waals surface area contributed by atoms with Gasteiger partial charge in [0.15, 0.2) is 6.10 Å². The number of carboxylic acids is 1. The average molecular weight is 246 g/mol. The first kappa shape index (κ1) is 12.3. The van der Waals surface area contributed by atoms with Gasteiger partial charge in [0.2, 0.25) is 0 Å². The molecular formula is C8H8ClN3O4. The third-order valence-electron chi connectivity index (χ3n) is 1.59. The van der Waals surface area contributed by atoms with E-state index in [-0.39, 0.29) is 10.8 Å². The molecule has 0 radical (unpaired) electrons. The smallest absolute Gasteiger partial charge is 0.334 e. The highest BCUT2D eigenvalue weighted by atomic mass is 35.5. The molecule has 0 unspecified atom stereocenters. The molecule has 8 heteroatoms. The molecule has 1 atom stereocenters. The van der Waals surface area contributed by atoms with E-state index in [1.807, 2.05) is 0 Å². The van der Waals surface area contributed by atoms with Gasteiger partial charge in [-0.15, -0.1) is 0 Å². The van der Waals surface area contributed by atoms with Crippen molar-refractivity contribution in [3.63, 3.8) is 0 Å². The number of aliphatic hydroxyl groups excluding tert-OH is 1. The lowest BCUT2D eigenvalue weighted by atomic mass is 10.3. The quantitative estimate of drug-likeness (QED) is 0.647. The van der Waals surface area contributed by atoms with Crippen LogP contribution >= 0.6 is 11.6 Å². The molecule has 0 aliphatic carbocycles. The van der Waals surface area contributed by atoms with E-state index < -0.39 is 24.5 Å². The van der Waals surface area contributed by atoms with Crippen molar-refractivity contribution < 1.29 is 19.8 Å². The Morgan fingerprint density at radius 3 is 2.62 bits per heavy atom. The van der Waals surface area contributed by atoms with Crippen molar-refractivity contribution in [1.29, 1.82) is 0 Å². The Bertz CT molecular complexity index is 395. The first-order valence-electron chi connectivity index (χ1n) is 4.17. The molecule has 0 saturated heterocycles. The lowest BCUT2D eigenvalue weighted by Crippen LogP contribution is -2.36. The summed E-state index contributed by atoms with van der Waals surface area (Å²) in [6, 6.07) is 0. The van der Waals surface area contributed by atoms with Gasteiger partial charge in [0.1, 0.15) is 10.8 Å². The molecule has 1 heterocycles. The minimum Gasteiger partial charge on any atom is -0.479 e. The van der Waals surface area contributed by atoms with Crippen molar-refractivity contribution in [2.45, 2.75) is 6.10 Å². The van der Waals surface area contributed by atoms with Gasteiger partial charge in [-0.1, -0.05) is 11.6 Å². The predicted molar refractivity (Wildman–Crippen MR) is 53.0 cm³/mol. The van der Waals surface area contributed by atoms with Gasteiger partial charge in [-0.3, -0.25) is 4.79 Å². The van der Waals surface area contributed by atoms with Crippen LogP contribution in [0.25, 0.3) is 0 Å². The lowest BCUT2D eigenvalue weighted by Gasteiger charge is -2.06. The second-order valence-corrected chi connectivity index (χ2v) is 3.18. The normalized spacial score (nSPS) is 11.9. The Balaban J connectivity index is 2.53. The molecule has 0 bridgehead atoms. The zero-order valence-corrected chi connectivity index (χ0v) is 8.68. The fourth-order valence-electron chi connectivity index (χ4n) is 0.797. The summed E-state index contributed by atoms with van der Waals surface area (Å²) < 4.78 is 0. The van der Waals surface area contributed by atoms with E-state index in [4.69, 9.17) is 21.8 Å². The van der Waals surface area contributed by atoms with Crippen molar-refractivity contribution >= 4 is 23.5 Å². The van der Waals surface area contributed by atoms with Crippen molar-refractivity contribution in [3.8, 4) is 0 Å². The minimum atomic E-state index is -1.65. The zero-order valence-electron chi connectivity index (χ0n) is 7.92. The summed E-state index contributed by atoms with van der Waals surface area (Å²) in [7, 11) is 0. The van der Waals surface area contributed by atoms with Crippen LogP contribution in [0.5, 0.6) is 0 Å². The first-order valence-corrected chi connectivity index (χ1v) is 4.55. The molecule has 0 aromatic carbocycles. The number of carbonyl (C=O) groups excluding carboxylic acids is 1. The highest BCUT2D eigenvalue weighted by Gasteiger charge is 2.15. The Hall–Kier alpha value is -1.73. The largest absolute Gasteiger partial charge is 0.479 e. The van der Waals surface area contributed by atoms with Gasteiger partial charge < -0.3 is 15.5 Å². The van der Waals surface area contributed by atoms with Gasteiger partial charge in [-0.05, 0) is 0 Å². The Kier molecular flexibility index (Phi) is 4.15. The van der Waals surface area contributed by atoms with Crippen molar-refractivity contribution in [2.75, 3.05) is 6.54 Å². The topological polar surface area (TPSA) is 112 Å². The standard InChI is InChI=1S/C8H8ClN3O4/c9-6-3-10-4(1-11-6)7(14)12-2-5(13)8(15)16/h1,3,5,13H,2H2,(H,12,14)(H,15,16)/t5-/m0/s1. The molecule has 1 rings (SSSR count). The van der Waals surface area contributed by atoms with Gasteiger partial charge in [0.25, 0.3) is 5.91 Å². The molecule has 16 heavy (non-hydrogen) atoms. The average Bonchev–Trinajstić information content (AvgIpc) is 2.26. The number of carboxylic acid groups (broad SMARTS) is 1. The number of hydrogen-bond donors (Lipinski definition) is 3. The number of hydrogen-bond acceptors (Lipinski definition) is 5. The van der Waals surface area contributed by atoms with Crippen LogP contribution in [-0.4, -0.2) is 44.7 Å². The second kappa shape index (κ2) is 5.38. The number of carbonyl (C=O) groups is 2. The molecule has 0 fully saturated rings. The fraction of sp³-hybridized carbons (Fsp3) is 0.250. The third-order valence-corrected chi connectivity index (χ3v) is 1.79. The summed E-state index contributed by atoms with van der Waals surface area (Å²) >= 11 is 5.46. The summed E-state index contributed by atoms with van der Waals surface area (Å²) in [6.07, 6.45) is 0.679. The van der Waals surface area contributed by atoms with Crippen LogP contribution in [0.1, 0.15) is 10.5 Å². The summed E-state index contributed by atoms with van der Waals surface area (Å²) in [4.78, 5) is 28.9. The molecule has 1 aromatic rings. The van der Waals surface area contributed by atoms with Crippen molar-refractivity contribution in [3.05, 3.63) is 23.2 Å². The number of rotatable bonds is 4. The van der Waals surface area contributed by atoms with Gasteiger partial charge in [0, 0.05) is 0 Å². The summed E-state index contributed by atoms with van der Waals surface area (Å²) in [5.41, 5.74) is -0.0120. The Morgan fingerprint density at radius 2 is 2.12 bits per heavy atom. The molecule has 0 aliphatic heterocycles. The van der Waals surface area contributed by atoms with Crippen LogP contribution in [0.4, 0.5) is 0 Å². The molecule has 0 aliphatic rings. The van der Waals surface area contributed by atoms with Crippen LogP contribution < -0.4 is 5.32 Å². The maximum absolute atomic E-state index is 11.3. The van der Waals surface area contributed by atoms with E-state index in [1.165, 1.54) is 6.20 Å². The maximum Gasteiger partial charge on any atom is 0.334 e. The summed E-state index contributed by atoms with van der Waals surface area (Å²) in [6.45, 7) is -0.404. The van der Waals surface area contributed by atoms with Gasteiger partial charge >= 0.3 is 5.97 Å². The molecule has 7 nitrogen and oxygen atoms in total. The molecule has 3 N–H and O–H groups in total. The van der Waals surface area contributed by atoms with E-state index in [0.717, 1.165) is 6.20 Å².